The van der Waals surface area contributed by atoms with Crippen molar-refractivity contribution in [3.05, 3.63) is 17.0 Å². The molecule has 0 aliphatic carbocycles. The van der Waals surface area contributed by atoms with Gasteiger partial charge in [0, 0.05) is 39.3 Å². The highest BCUT2D eigenvalue weighted by atomic mass is 16.5. The highest BCUT2D eigenvalue weighted by Crippen LogP contribution is 2.24. The largest absolute Gasteiger partial charge is 0.381 e. The van der Waals surface area contributed by atoms with Crippen molar-refractivity contribution in [3.63, 3.8) is 0 Å². The summed E-state index contributed by atoms with van der Waals surface area (Å²) in [6.07, 6.45) is 4.76. The van der Waals surface area contributed by atoms with Crippen LogP contribution in [0.2, 0.25) is 0 Å². The molecule has 0 bridgehead atoms. The van der Waals surface area contributed by atoms with Crippen molar-refractivity contribution in [3.8, 4) is 0 Å². The SMILES string of the molecule is COC1CCN(C2CCN(C(=O)c3c(C)noc3C)CC2)CC1. The molecule has 1 aromatic heterocycles. The van der Waals surface area contributed by atoms with E-state index in [0.717, 1.165) is 51.9 Å². The second-order valence-electron chi connectivity index (χ2n) is 6.69. The monoisotopic (exact) mass is 321 g/mol. The maximum absolute atomic E-state index is 12.7. The molecule has 23 heavy (non-hydrogen) atoms. The molecule has 0 radical (unpaired) electrons. The lowest BCUT2D eigenvalue weighted by Crippen LogP contribution is -2.49. The summed E-state index contributed by atoms with van der Waals surface area (Å²) in [5.74, 6) is 0.689. The molecule has 2 aliphatic heterocycles. The van der Waals surface area contributed by atoms with Gasteiger partial charge >= 0.3 is 0 Å². The van der Waals surface area contributed by atoms with Gasteiger partial charge in [0.1, 0.15) is 11.3 Å². The van der Waals surface area contributed by atoms with Gasteiger partial charge in [-0.2, -0.15) is 0 Å². The Hall–Kier alpha value is -1.40. The predicted molar refractivity (Wildman–Crippen MR) is 86.5 cm³/mol. The molecule has 1 aromatic rings. The van der Waals surface area contributed by atoms with Crippen molar-refractivity contribution >= 4 is 5.91 Å². The minimum absolute atomic E-state index is 0.0674. The normalized spacial score (nSPS) is 21.8. The Morgan fingerprint density at radius 1 is 1.13 bits per heavy atom. The van der Waals surface area contributed by atoms with E-state index >= 15 is 0 Å². The standard InChI is InChI=1S/C17H27N3O3/c1-12-16(13(2)23-18-12)17(21)20-8-4-14(5-9-20)19-10-6-15(22-3)7-11-19/h14-15H,4-11H2,1-3H3. The Morgan fingerprint density at radius 3 is 2.30 bits per heavy atom. The fourth-order valence-corrected chi connectivity index (χ4v) is 3.86. The van der Waals surface area contributed by atoms with Crippen LogP contribution in [0.1, 0.15) is 47.5 Å². The molecule has 2 saturated heterocycles. The van der Waals surface area contributed by atoms with Gasteiger partial charge in [-0.05, 0) is 39.5 Å². The number of aromatic nitrogens is 1. The molecule has 0 saturated carbocycles. The van der Waals surface area contributed by atoms with Gasteiger partial charge in [0.2, 0.25) is 0 Å². The first kappa shape index (κ1) is 16.5. The molecular formula is C17H27N3O3. The quantitative estimate of drug-likeness (QED) is 0.852. The number of carbonyl (C=O) groups excluding carboxylic acids is 1. The lowest BCUT2D eigenvalue weighted by Gasteiger charge is -2.41. The summed E-state index contributed by atoms with van der Waals surface area (Å²) in [4.78, 5) is 17.2. The number of ether oxygens (including phenoxy) is 1. The summed E-state index contributed by atoms with van der Waals surface area (Å²) >= 11 is 0. The zero-order valence-electron chi connectivity index (χ0n) is 14.4. The summed E-state index contributed by atoms with van der Waals surface area (Å²) < 4.78 is 10.6. The van der Waals surface area contributed by atoms with Crippen LogP contribution in [-0.4, -0.2) is 66.3 Å². The van der Waals surface area contributed by atoms with Crippen molar-refractivity contribution in [2.45, 2.75) is 51.7 Å². The minimum atomic E-state index is 0.0674. The molecule has 3 rings (SSSR count). The maximum Gasteiger partial charge on any atom is 0.259 e. The zero-order chi connectivity index (χ0) is 16.4. The van der Waals surface area contributed by atoms with Crippen LogP contribution in [0.3, 0.4) is 0 Å². The van der Waals surface area contributed by atoms with Gasteiger partial charge in [-0.1, -0.05) is 5.16 Å². The molecule has 0 atom stereocenters. The van der Waals surface area contributed by atoms with Crippen LogP contribution in [-0.2, 0) is 4.74 Å². The highest BCUT2D eigenvalue weighted by Gasteiger charge is 2.31. The van der Waals surface area contributed by atoms with Crippen LogP contribution in [0.5, 0.6) is 0 Å². The highest BCUT2D eigenvalue weighted by molar-refractivity contribution is 5.96. The van der Waals surface area contributed by atoms with E-state index in [4.69, 9.17) is 9.26 Å². The van der Waals surface area contributed by atoms with Crippen LogP contribution in [0.4, 0.5) is 0 Å². The maximum atomic E-state index is 12.7. The molecule has 3 heterocycles. The number of aryl methyl sites for hydroxylation is 2. The second-order valence-corrected chi connectivity index (χ2v) is 6.69. The fourth-order valence-electron chi connectivity index (χ4n) is 3.86. The Kier molecular flexibility index (Phi) is 5.02. The van der Waals surface area contributed by atoms with Gasteiger partial charge in [-0.3, -0.25) is 4.79 Å². The number of amides is 1. The molecule has 128 valence electrons. The minimum Gasteiger partial charge on any atom is -0.381 e. The van der Waals surface area contributed by atoms with Gasteiger partial charge in [0.05, 0.1) is 11.8 Å². The number of likely N-dealkylation sites (tertiary alicyclic amines) is 2. The number of rotatable bonds is 3. The third-order valence-corrected chi connectivity index (χ3v) is 5.33. The average Bonchev–Trinajstić information content (AvgIpc) is 2.93. The number of hydrogen-bond acceptors (Lipinski definition) is 5. The van der Waals surface area contributed by atoms with Gasteiger partial charge in [-0.25, -0.2) is 0 Å². The van der Waals surface area contributed by atoms with E-state index in [-0.39, 0.29) is 5.91 Å². The van der Waals surface area contributed by atoms with E-state index in [9.17, 15) is 4.79 Å². The van der Waals surface area contributed by atoms with E-state index < -0.39 is 0 Å². The smallest absolute Gasteiger partial charge is 0.259 e. The van der Waals surface area contributed by atoms with Crippen LogP contribution in [0, 0.1) is 13.8 Å². The topological polar surface area (TPSA) is 58.8 Å². The molecule has 6 heteroatoms. The Labute approximate surface area is 137 Å². The molecule has 2 aliphatic rings. The van der Waals surface area contributed by atoms with Crippen molar-refractivity contribution in [1.29, 1.82) is 0 Å². The molecule has 0 spiro atoms. The number of hydrogen-bond donors (Lipinski definition) is 0. The number of piperidine rings is 2. The first-order valence-electron chi connectivity index (χ1n) is 8.59. The van der Waals surface area contributed by atoms with Gasteiger partial charge in [0.15, 0.2) is 0 Å². The van der Waals surface area contributed by atoms with Crippen molar-refractivity contribution in [2.24, 2.45) is 0 Å². The van der Waals surface area contributed by atoms with Crippen LogP contribution < -0.4 is 0 Å². The van der Waals surface area contributed by atoms with Crippen LogP contribution in [0.25, 0.3) is 0 Å². The Bertz CT molecular complexity index is 522. The van der Waals surface area contributed by atoms with Gasteiger partial charge in [-0.15, -0.1) is 0 Å². The molecule has 6 nitrogen and oxygen atoms in total. The summed E-state index contributed by atoms with van der Waals surface area (Å²) in [5, 5.41) is 3.89. The summed E-state index contributed by atoms with van der Waals surface area (Å²) in [7, 11) is 1.80. The molecule has 0 aromatic carbocycles. The van der Waals surface area contributed by atoms with E-state index in [1.807, 2.05) is 11.8 Å². The lowest BCUT2D eigenvalue weighted by molar-refractivity contribution is 0.0145. The van der Waals surface area contributed by atoms with E-state index in [1.165, 1.54) is 0 Å². The van der Waals surface area contributed by atoms with Crippen molar-refractivity contribution in [2.75, 3.05) is 33.3 Å². The second kappa shape index (κ2) is 7.01. The van der Waals surface area contributed by atoms with E-state index in [2.05, 4.69) is 10.1 Å². The first-order chi connectivity index (χ1) is 11.1. The predicted octanol–water partition coefficient (Wildman–Crippen LogP) is 2.01. The fraction of sp³-hybridized carbons (Fsp3) is 0.765. The molecule has 1 amide bonds. The Morgan fingerprint density at radius 2 is 1.78 bits per heavy atom. The van der Waals surface area contributed by atoms with Crippen molar-refractivity contribution < 1.29 is 14.1 Å². The van der Waals surface area contributed by atoms with Gasteiger partial charge < -0.3 is 19.1 Å². The van der Waals surface area contributed by atoms with Gasteiger partial charge in [0.25, 0.3) is 5.91 Å². The van der Waals surface area contributed by atoms with E-state index in [1.54, 1.807) is 14.0 Å². The molecular weight excluding hydrogens is 294 g/mol. The van der Waals surface area contributed by atoms with Crippen molar-refractivity contribution in [1.82, 2.24) is 15.0 Å². The average molecular weight is 321 g/mol. The first-order valence-corrected chi connectivity index (χ1v) is 8.59. The molecule has 0 N–H and O–H groups in total. The third kappa shape index (κ3) is 3.43. The summed E-state index contributed by atoms with van der Waals surface area (Å²) in [5.41, 5.74) is 1.33. The lowest BCUT2D eigenvalue weighted by atomic mass is 9.98. The number of methoxy groups -OCH3 is 1. The molecule has 2 fully saturated rings. The van der Waals surface area contributed by atoms with Crippen LogP contribution in [0.15, 0.2) is 4.52 Å². The summed E-state index contributed by atoms with van der Waals surface area (Å²) in [6, 6.07) is 0.599. The van der Waals surface area contributed by atoms with E-state index in [0.29, 0.717) is 29.2 Å². The Balaban J connectivity index is 1.54. The summed E-state index contributed by atoms with van der Waals surface area (Å²) in [6.45, 7) is 7.49. The number of nitrogens with zero attached hydrogens (tertiary/aromatic N) is 3. The zero-order valence-corrected chi connectivity index (χ0v) is 14.4. The molecule has 0 unspecified atom stereocenters. The van der Waals surface area contributed by atoms with Crippen LogP contribution >= 0.6 is 0 Å². The number of carbonyl (C=O) groups is 1. The third-order valence-electron chi connectivity index (χ3n) is 5.33.